The van der Waals surface area contributed by atoms with E-state index in [1.54, 1.807) is 0 Å². The molecule has 131 valence electrons. The molecule has 0 bridgehead atoms. The van der Waals surface area contributed by atoms with E-state index in [4.69, 9.17) is 5.11 Å². The maximum Gasteiger partial charge on any atom is 0.235 e. The van der Waals surface area contributed by atoms with Crippen molar-refractivity contribution in [2.24, 2.45) is 0 Å². The van der Waals surface area contributed by atoms with Gasteiger partial charge in [-0.3, -0.25) is 4.79 Å². The van der Waals surface area contributed by atoms with Crippen molar-refractivity contribution in [1.29, 1.82) is 0 Å². The lowest BCUT2D eigenvalue weighted by atomic mass is 9.98. The molecule has 0 aliphatic rings. The van der Waals surface area contributed by atoms with Crippen LogP contribution in [0.25, 0.3) is 0 Å². The van der Waals surface area contributed by atoms with Gasteiger partial charge < -0.3 is 10.2 Å². The van der Waals surface area contributed by atoms with E-state index in [0.717, 1.165) is 19.3 Å². The monoisotopic (exact) mass is 313 g/mol. The first-order chi connectivity index (χ1) is 10.7. The third kappa shape index (κ3) is 13.3. The Kier molecular flexibility index (Phi) is 15.2. The SMILES string of the molecule is CCCCCCCCCCCCCCCCC(O)([C]=O)CO. The topological polar surface area (TPSA) is 57.5 Å². The largest absolute Gasteiger partial charge is 0.393 e. The molecule has 0 spiro atoms. The Hall–Kier alpha value is -0.410. The maximum absolute atomic E-state index is 10.5. The quantitative estimate of drug-likeness (QED) is 0.383. The van der Waals surface area contributed by atoms with Crippen molar-refractivity contribution in [1.82, 2.24) is 0 Å². The van der Waals surface area contributed by atoms with Gasteiger partial charge in [-0.15, -0.1) is 0 Å². The zero-order valence-electron chi connectivity index (χ0n) is 14.6. The van der Waals surface area contributed by atoms with Crippen molar-refractivity contribution < 1.29 is 15.0 Å². The van der Waals surface area contributed by atoms with Gasteiger partial charge in [0.1, 0.15) is 0 Å². The highest BCUT2D eigenvalue weighted by Crippen LogP contribution is 2.15. The summed E-state index contributed by atoms with van der Waals surface area (Å²) < 4.78 is 0. The van der Waals surface area contributed by atoms with E-state index < -0.39 is 12.2 Å². The summed E-state index contributed by atoms with van der Waals surface area (Å²) in [6.45, 7) is 1.74. The molecule has 1 radical (unpaired) electrons. The van der Waals surface area contributed by atoms with Gasteiger partial charge in [0.2, 0.25) is 6.29 Å². The molecule has 0 aromatic heterocycles. The molecule has 1 atom stereocenters. The first-order valence-electron chi connectivity index (χ1n) is 9.41. The fraction of sp³-hybridized carbons (Fsp3) is 0.947. The minimum absolute atomic E-state index is 0.324. The zero-order chi connectivity index (χ0) is 16.5. The number of carbonyl (C=O) groups excluding carboxylic acids is 1. The molecular weight excluding hydrogens is 276 g/mol. The van der Waals surface area contributed by atoms with E-state index in [1.165, 1.54) is 76.9 Å². The van der Waals surface area contributed by atoms with Crippen LogP contribution in [0, 0.1) is 0 Å². The van der Waals surface area contributed by atoms with Gasteiger partial charge >= 0.3 is 0 Å². The lowest BCUT2D eigenvalue weighted by Crippen LogP contribution is -2.34. The third-order valence-electron chi connectivity index (χ3n) is 4.40. The first-order valence-corrected chi connectivity index (χ1v) is 9.41. The van der Waals surface area contributed by atoms with Crippen LogP contribution >= 0.6 is 0 Å². The number of aliphatic hydroxyl groups is 2. The van der Waals surface area contributed by atoms with Crippen LogP contribution in [0.4, 0.5) is 0 Å². The highest BCUT2D eigenvalue weighted by molar-refractivity contribution is 5.62. The molecule has 0 saturated heterocycles. The van der Waals surface area contributed by atoms with Gasteiger partial charge in [0, 0.05) is 0 Å². The van der Waals surface area contributed by atoms with Crippen molar-refractivity contribution in [3.05, 3.63) is 0 Å². The third-order valence-corrected chi connectivity index (χ3v) is 4.40. The lowest BCUT2D eigenvalue weighted by molar-refractivity contribution is 0.0333. The van der Waals surface area contributed by atoms with Crippen molar-refractivity contribution in [3.8, 4) is 0 Å². The van der Waals surface area contributed by atoms with Crippen LogP contribution < -0.4 is 0 Å². The molecule has 0 aliphatic carbocycles. The Bertz CT molecular complexity index is 243. The highest BCUT2D eigenvalue weighted by atomic mass is 16.3. The second-order valence-corrected chi connectivity index (χ2v) is 6.64. The van der Waals surface area contributed by atoms with Gasteiger partial charge in [-0.2, -0.15) is 0 Å². The maximum atomic E-state index is 10.5. The molecule has 22 heavy (non-hydrogen) atoms. The summed E-state index contributed by atoms with van der Waals surface area (Å²) in [5.41, 5.74) is -1.63. The number of aliphatic hydroxyl groups excluding tert-OH is 1. The summed E-state index contributed by atoms with van der Waals surface area (Å²) in [6.07, 6.45) is 19.7. The molecule has 0 aliphatic heterocycles. The van der Waals surface area contributed by atoms with Gasteiger partial charge in [0.25, 0.3) is 0 Å². The van der Waals surface area contributed by atoms with Crippen molar-refractivity contribution in [2.45, 2.75) is 109 Å². The van der Waals surface area contributed by atoms with E-state index in [2.05, 4.69) is 6.92 Å². The van der Waals surface area contributed by atoms with Gasteiger partial charge in [-0.1, -0.05) is 96.8 Å². The van der Waals surface area contributed by atoms with Crippen LogP contribution in [0.1, 0.15) is 103 Å². The smallest absolute Gasteiger partial charge is 0.235 e. The van der Waals surface area contributed by atoms with Crippen molar-refractivity contribution in [3.63, 3.8) is 0 Å². The van der Waals surface area contributed by atoms with Gasteiger partial charge in [0.15, 0.2) is 5.60 Å². The molecule has 1 unspecified atom stereocenters. The van der Waals surface area contributed by atoms with Gasteiger partial charge in [-0.25, -0.2) is 0 Å². The zero-order valence-corrected chi connectivity index (χ0v) is 14.6. The Balaban J connectivity index is 3.16. The van der Waals surface area contributed by atoms with E-state index in [-0.39, 0.29) is 0 Å². The van der Waals surface area contributed by atoms with Crippen LogP contribution in [0.5, 0.6) is 0 Å². The predicted octanol–water partition coefficient (Wildman–Crippen LogP) is 4.69. The highest BCUT2D eigenvalue weighted by Gasteiger charge is 2.25. The molecule has 3 nitrogen and oxygen atoms in total. The molecule has 3 heteroatoms. The second kappa shape index (κ2) is 15.5. The van der Waals surface area contributed by atoms with E-state index in [0.29, 0.717) is 6.42 Å². The summed E-state index contributed by atoms with van der Waals surface area (Å²) in [7, 11) is 0. The number of hydrogen-bond acceptors (Lipinski definition) is 3. The number of rotatable bonds is 17. The average Bonchev–Trinajstić information content (AvgIpc) is 2.55. The molecule has 0 fully saturated rings. The van der Waals surface area contributed by atoms with E-state index in [1.807, 2.05) is 0 Å². The van der Waals surface area contributed by atoms with Crippen LogP contribution in [-0.4, -0.2) is 28.7 Å². The summed E-state index contributed by atoms with van der Waals surface area (Å²) in [5.74, 6) is 0. The van der Waals surface area contributed by atoms with Crippen molar-refractivity contribution >= 4 is 6.29 Å². The lowest BCUT2D eigenvalue weighted by Gasteiger charge is -2.16. The molecule has 0 aromatic carbocycles. The van der Waals surface area contributed by atoms with Gasteiger partial charge in [0.05, 0.1) is 6.61 Å². The van der Waals surface area contributed by atoms with Gasteiger partial charge in [-0.05, 0) is 6.42 Å². The number of hydrogen-bond donors (Lipinski definition) is 2. The van der Waals surface area contributed by atoms with Crippen LogP contribution in [0.3, 0.4) is 0 Å². The van der Waals surface area contributed by atoms with Crippen LogP contribution in [0.15, 0.2) is 0 Å². The summed E-state index contributed by atoms with van der Waals surface area (Å²) >= 11 is 0. The van der Waals surface area contributed by atoms with Crippen molar-refractivity contribution in [2.75, 3.05) is 6.61 Å². The Morgan fingerprint density at radius 3 is 1.41 bits per heavy atom. The molecule has 2 N–H and O–H groups in total. The molecule has 0 aromatic rings. The van der Waals surface area contributed by atoms with Crippen LogP contribution in [-0.2, 0) is 4.79 Å². The Labute approximate surface area is 137 Å². The fourth-order valence-corrected chi connectivity index (χ4v) is 2.77. The van der Waals surface area contributed by atoms with Crippen LogP contribution in [0.2, 0.25) is 0 Å². The van der Waals surface area contributed by atoms with E-state index in [9.17, 15) is 9.90 Å². The molecular formula is C19H37O3. The number of unbranched alkanes of at least 4 members (excludes halogenated alkanes) is 13. The summed E-state index contributed by atoms with van der Waals surface area (Å²) in [5, 5.41) is 18.4. The van der Waals surface area contributed by atoms with E-state index >= 15 is 0 Å². The fourth-order valence-electron chi connectivity index (χ4n) is 2.77. The minimum atomic E-state index is -1.63. The average molecular weight is 314 g/mol. The second-order valence-electron chi connectivity index (χ2n) is 6.64. The standard InChI is InChI=1S/C19H37O3/c1-2-3-4-5-6-7-8-9-10-11-12-13-14-15-16-19(22,17-20)18-21/h20,22H,2-17H2,1H3. The summed E-state index contributed by atoms with van der Waals surface area (Å²) in [6, 6.07) is 0. The first kappa shape index (κ1) is 21.6. The normalized spacial score (nSPS) is 14.0. The Morgan fingerprint density at radius 2 is 1.09 bits per heavy atom. The summed E-state index contributed by atoms with van der Waals surface area (Å²) in [4.78, 5) is 10.5. The molecule has 0 heterocycles. The molecule has 0 amide bonds. The Morgan fingerprint density at radius 1 is 0.727 bits per heavy atom. The predicted molar refractivity (Wildman–Crippen MR) is 92.7 cm³/mol. The molecule has 0 saturated carbocycles. The molecule has 0 rings (SSSR count). The minimum Gasteiger partial charge on any atom is -0.393 e.